The van der Waals surface area contributed by atoms with Crippen LogP contribution < -0.4 is 14.4 Å². The summed E-state index contributed by atoms with van der Waals surface area (Å²) in [5, 5.41) is 3.10. The van der Waals surface area contributed by atoms with Gasteiger partial charge in [0.15, 0.2) is 0 Å². The quantitative estimate of drug-likeness (QED) is 0.414. The highest BCUT2D eigenvalue weighted by Gasteiger charge is 2.31. The van der Waals surface area contributed by atoms with E-state index in [1.165, 1.54) is 11.3 Å². The Balaban J connectivity index is 1.85. The summed E-state index contributed by atoms with van der Waals surface area (Å²) in [6.45, 7) is 3.77. The maximum atomic E-state index is 13.7. The second-order valence-corrected chi connectivity index (χ2v) is 12.2. The molecule has 0 aliphatic heterocycles. The van der Waals surface area contributed by atoms with Gasteiger partial charge in [0.25, 0.3) is 0 Å². The van der Waals surface area contributed by atoms with Crippen molar-refractivity contribution in [3.63, 3.8) is 0 Å². The second-order valence-electron chi connectivity index (χ2n) is 9.37. The number of nitrogens with one attached hydrogen (secondary N) is 1. The number of hydrogen-bond donors (Lipinski definition) is 1. The van der Waals surface area contributed by atoms with Crippen molar-refractivity contribution in [1.29, 1.82) is 0 Å². The maximum absolute atomic E-state index is 13.7. The third-order valence-corrected chi connectivity index (χ3v) is 8.11. The molecule has 2 amide bonds. The van der Waals surface area contributed by atoms with E-state index in [0.29, 0.717) is 18.0 Å². The Morgan fingerprint density at radius 2 is 1.78 bits per heavy atom. The van der Waals surface area contributed by atoms with Crippen LogP contribution in [0.5, 0.6) is 5.75 Å². The zero-order chi connectivity index (χ0) is 27.0. The Morgan fingerprint density at radius 3 is 2.38 bits per heavy atom. The highest BCUT2D eigenvalue weighted by molar-refractivity contribution is 9.10. The van der Waals surface area contributed by atoms with Gasteiger partial charge in [-0.05, 0) is 68.7 Å². The summed E-state index contributed by atoms with van der Waals surface area (Å²) >= 11 is 3.45. The van der Waals surface area contributed by atoms with Gasteiger partial charge >= 0.3 is 0 Å². The summed E-state index contributed by atoms with van der Waals surface area (Å²) in [5.41, 5.74) is 1.17. The van der Waals surface area contributed by atoms with Gasteiger partial charge < -0.3 is 15.0 Å². The van der Waals surface area contributed by atoms with Crippen LogP contribution in [0.15, 0.2) is 53.0 Å². The standard InChI is InChI=1S/C27H36BrN3O5S/c1-4-36-25-15-13-24(14-16-25)31(37(3,34)35)19-26(32)30(18-21-9-8-10-22(28)17-21)20(2)27(33)29-23-11-6-5-7-12-23/h8-10,13-17,20,23H,4-7,11-12,18-19H2,1-3H3,(H,29,33)/t20-/m0/s1. The normalized spacial score (nSPS) is 15.0. The van der Waals surface area contributed by atoms with Crippen molar-refractivity contribution in [3.8, 4) is 5.75 Å². The second kappa shape index (κ2) is 13.3. The molecule has 2 aromatic rings. The Labute approximate surface area is 228 Å². The SMILES string of the molecule is CCOc1ccc(N(CC(=O)N(Cc2cccc(Br)c2)[C@@H](C)C(=O)NC2CCCCC2)S(C)(=O)=O)cc1. The van der Waals surface area contributed by atoms with E-state index in [2.05, 4.69) is 21.2 Å². The van der Waals surface area contributed by atoms with Crippen molar-refractivity contribution in [2.24, 2.45) is 0 Å². The van der Waals surface area contributed by atoms with E-state index < -0.39 is 28.5 Å². The fourth-order valence-electron chi connectivity index (χ4n) is 4.47. The van der Waals surface area contributed by atoms with Crippen molar-refractivity contribution >= 4 is 43.5 Å². The molecule has 1 saturated carbocycles. The van der Waals surface area contributed by atoms with Gasteiger partial charge in [-0.3, -0.25) is 13.9 Å². The molecule has 0 radical (unpaired) electrons. The average molecular weight is 595 g/mol. The molecule has 202 valence electrons. The summed E-state index contributed by atoms with van der Waals surface area (Å²) < 4.78 is 32.8. The fourth-order valence-corrected chi connectivity index (χ4v) is 5.77. The molecule has 8 nitrogen and oxygen atoms in total. The molecule has 10 heteroatoms. The summed E-state index contributed by atoms with van der Waals surface area (Å²) in [5.74, 6) is -0.0943. The van der Waals surface area contributed by atoms with Crippen molar-refractivity contribution in [2.75, 3.05) is 23.7 Å². The van der Waals surface area contributed by atoms with Crippen LogP contribution >= 0.6 is 15.9 Å². The molecule has 1 N–H and O–H groups in total. The Morgan fingerprint density at radius 1 is 1.11 bits per heavy atom. The Hall–Kier alpha value is -2.59. The predicted octanol–water partition coefficient (Wildman–Crippen LogP) is 4.48. The van der Waals surface area contributed by atoms with Crippen LogP contribution in [0.1, 0.15) is 51.5 Å². The molecule has 2 aromatic carbocycles. The van der Waals surface area contributed by atoms with Crippen LogP contribution in [0.3, 0.4) is 0 Å². The first kappa shape index (κ1) is 29.0. The summed E-state index contributed by atoms with van der Waals surface area (Å²) in [4.78, 5) is 28.3. The van der Waals surface area contributed by atoms with E-state index >= 15 is 0 Å². The monoisotopic (exact) mass is 593 g/mol. The van der Waals surface area contributed by atoms with Crippen molar-refractivity contribution in [1.82, 2.24) is 10.2 Å². The van der Waals surface area contributed by atoms with Crippen LogP contribution in [-0.4, -0.2) is 56.6 Å². The largest absolute Gasteiger partial charge is 0.494 e. The van der Waals surface area contributed by atoms with Gasteiger partial charge in [-0.2, -0.15) is 0 Å². The fraction of sp³-hybridized carbons (Fsp3) is 0.481. The van der Waals surface area contributed by atoms with Crippen molar-refractivity contribution < 1.29 is 22.7 Å². The minimum absolute atomic E-state index is 0.0999. The van der Waals surface area contributed by atoms with Crippen LogP contribution in [-0.2, 0) is 26.2 Å². The zero-order valence-electron chi connectivity index (χ0n) is 21.7. The van der Waals surface area contributed by atoms with E-state index in [-0.39, 0.29) is 18.5 Å². The lowest BCUT2D eigenvalue weighted by Gasteiger charge is -2.33. The number of nitrogens with zero attached hydrogens (tertiary/aromatic N) is 2. The number of carbonyl (C=O) groups excluding carboxylic acids is 2. The molecule has 1 fully saturated rings. The van der Waals surface area contributed by atoms with Gasteiger partial charge in [-0.25, -0.2) is 8.42 Å². The molecule has 0 saturated heterocycles. The van der Waals surface area contributed by atoms with Gasteiger partial charge in [-0.15, -0.1) is 0 Å². The first-order valence-corrected chi connectivity index (χ1v) is 15.3. The summed E-state index contributed by atoms with van der Waals surface area (Å²) in [6.07, 6.45) is 6.24. The van der Waals surface area contributed by atoms with Crippen LogP contribution in [0.4, 0.5) is 5.69 Å². The maximum Gasteiger partial charge on any atom is 0.244 e. The molecule has 0 heterocycles. The third kappa shape index (κ3) is 8.46. The number of rotatable bonds is 11. The van der Waals surface area contributed by atoms with E-state index in [4.69, 9.17) is 4.74 Å². The van der Waals surface area contributed by atoms with Gasteiger partial charge in [0.2, 0.25) is 21.8 Å². The number of halogens is 1. The lowest BCUT2D eigenvalue weighted by molar-refractivity contribution is -0.139. The Bertz CT molecular complexity index is 1170. The van der Waals surface area contributed by atoms with Crippen molar-refractivity contribution in [3.05, 3.63) is 58.6 Å². The Kier molecular flexibility index (Phi) is 10.4. The molecule has 0 aromatic heterocycles. The molecule has 37 heavy (non-hydrogen) atoms. The van der Waals surface area contributed by atoms with Gasteiger partial charge in [0, 0.05) is 17.1 Å². The van der Waals surface area contributed by atoms with Crippen LogP contribution in [0, 0.1) is 0 Å². The topological polar surface area (TPSA) is 96.0 Å². The number of ether oxygens (including phenoxy) is 1. The minimum Gasteiger partial charge on any atom is -0.494 e. The molecular weight excluding hydrogens is 558 g/mol. The molecule has 0 bridgehead atoms. The molecule has 1 aliphatic rings. The van der Waals surface area contributed by atoms with Crippen LogP contribution in [0.25, 0.3) is 0 Å². The average Bonchev–Trinajstić information content (AvgIpc) is 2.86. The lowest BCUT2D eigenvalue weighted by atomic mass is 9.95. The molecule has 0 unspecified atom stereocenters. The number of hydrogen-bond acceptors (Lipinski definition) is 5. The minimum atomic E-state index is -3.78. The van der Waals surface area contributed by atoms with Gasteiger partial charge in [0.05, 0.1) is 18.6 Å². The van der Waals surface area contributed by atoms with Crippen molar-refractivity contribution in [2.45, 2.75) is 64.6 Å². The lowest BCUT2D eigenvalue weighted by Crippen LogP contribution is -2.52. The third-order valence-electron chi connectivity index (χ3n) is 6.48. The highest BCUT2D eigenvalue weighted by atomic mass is 79.9. The number of amides is 2. The zero-order valence-corrected chi connectivity index (χ0v) is 24.1. The number of anilines is 1. The van der Waals surface area contributed by atoms with E-state index in [0.717, 1.165) is 46.3 Å². The molecule has 1 aliphatic carbocycles. The smallest absolute Gasteiger partial charge is 0.244 e. The van der Waals surface area contributed by atoms with E-state index in [9.17, 15) is 18.0 Å². The number of carbonyl (C=O) groups is 2. The molecule has 1 atom stereocenters. The molecular formula is C27H36BrN3O5S. The summed E-state index contributed by atoms with van der Waals surface area (Å²) in [7, 11) is -3.78. The highest BCUT2D eigenvalue weighted by Crippen LogP contribution is 2.23. The van der Waals surface area contributed by atoms with Gasteiger partial charge in [0.1, 0.15) is 18.3 Å². The molecule has 3 rings (SSSR count). The molecule has 0 spiro atoms. The summed E-state index contributed by atoms with van der Waals surface area (Å²) in [6, 6.07) is 13.4. The predicted molar refractivity (Wildman–Crippen MR) is 149 cm³/mol. The van der Waals surface area contributed by atoms with E-state index in [1.807, 2.05) is 31.2 Å². The number of benzene rings is 2. The van der Waals surface area contributed by atoms with E-state index in [1.54, 1.807) is 31.2 Å². The van der Waals surface area contributed by atoms with Crippen LogP contribution in [0.2, 0.25) is 0 Å². The first-order valence-electron chi connectivity index (χ1n) is 12.6. The van der Waals surface area contributed by atoms with Gasteiger partial charge in [-0.1, -0.05) is 47.3 Å². The number of sulfonamides is 1. The first-order chi connectivity index (χ1) is 17.6.